The lowest BCUT2D eigenvalue weighted by Gasteiger charge is -2.06. The Kier molecular flexibility index (Phi) is 3.27. The number of hydrogen-bond acceptors (Lipinski definition) is 3. The van der Waals surface area contributed by atoms with Crippen molar-refractivity contribution in [3.63, 3.8) is 0 Å². The standard InChI is InChI=1S/C8H11ClN2OS/c1-4(2)10-7(12)6-5(3)13-8(9)11-6/h4H,1-3H3,(H,10,12). The molecule has 0 aliphatic carbocycles. The van der Waals surface area contributed by atoms with Crippen LogP contribution >= 0.6 is 22.9 Å². The van der Waals surface area contributed by atoms with E-state index >= 15 is 0 Å². The topological polar surface area (TPSA) is 42.0 Å². The Morgan fingerprint density at radius 3 is 2.62 bits per heavy atom. The van der Waals surface area contributed by atoms with Crippen LogP contribution in [0.5, 0.6) is 0 Å². The summed E-state index contributed by atoms with van der Waals surface area (Å²) in [4.78, 5) is 16.2. The number of hydrogen-bond donors (Lipinski definition) is 1. The van der Waals surface area contributed by atoms with E-state index in [9.17, 15) is 4.79 Å². The van der Waals surface area contributed by atoms with E-state index in [1.165, 1.54) is 11.3 Å². The molecule has 0 saturated carbocycles. The van der Waals surface area contributed by atoms with E-state index < -0.39 is 0 Å². The Hall–Kier alpha value is -0.610. The van der Waals surface area contributed by atoms with Crippen LogP contribution in [0.1, 0.15) is 29.2 Å². The highest BCUT2D eigenvalue weighted by molar-refractivity contribution is 7.15. The Labute approximate surface area is 86.1 Å². The second-order valence-corrected chi connectivity index (χ2v) is 4.79. The van der Waals surface area contributed by atoms with Gasteiger partial charge in [0.2, 0.25) is 0 Å². The molecular weight excluding hydrogens is 208 g/mol. The monoisotopic (exact) mass is 218 g/mol. The van der Waals surface area contributed by atoms with Crippen LogP contribution in [0.2, 0.25) is 4.47 Å². The zero-order valence-electron chi connectivity index (χ0n) is 7.72. The molecule has 1 heterocycles. The molecular formula is C8H11ClN2OS. The second-order valence-electron chi connectivity index (χ2n) is 3.00. The van der Waals surface area contributed by atoms with Gasteiger partial charge in [0.25, 0.3) is 5.91 Å². The molecule has 1 rings (SSSR count). The largest absolute Gasteiger partial charge is 0.348 e. The third kappa shape index (κ3) is 2.67. The van der Waals surface area contributed by atoms with E-state index in [1.807, 2.05) is 20.8 Å². The van der Waals surface area contributed by atoms with Gasteiger partial charge in [-0.15, -0.1) is 11.3 Å². The predicted octanol–water partition coefficient (Wildman–Crippen LogP) is 2.24. The minimum atomic E-state index is -0.157. The van der Waals surface area contributed by atoms with E-state index in [1.54, 1.807) is 0 Å². The summed E-state index contributed by atoms with van der Waals surface area (Å²) in [6.45, 7) is 5.64. The average molecular weight is 219 g/mol. The molecule has 0 radical (unpaired) electrons. The molecule has 0 aromatic carbocycles. The molecule has 0 saturated heterocycles. The highest BCUT2D eigenvalue weighted by Crippen LogP contribution is 2.21. The van der Waals surface area contributed by atoms with E-state index in [4.69, 9.17) is 11.6 Å². The quantitative estimate of drug-likeness (QED) is 0.828. The first-order valence-electron chi connectivity index (χ1n) is 3.94. The molecule has 1 aromatic heterocycles. The van der Waals surface area contributed by atoms with Gasteiger partial charge in [0.15, 0.2) is 4.47 Å². The average Bonchev–Trinajstić information content (AvgIpc) is 2.28. The van der Waals surface area contributed by atoms with Crippen LogP contribution < -0.4 is 5.32 Å². The van der Waals surface area contributed by atoms with Crippen molar-refractivity contribution in [3.05, 3.63) is 15.0 Å². The van der Waals surface area contributed by atoms with E-state index in [-0.39, 0.29) is 11.9 Å². The van der Waals surface area contributed by atoms with Gasteiger partial charge in [-0.1, -0.05) is 11.6 Å². The van der Waals surface area contributed by atoms with Crippen molar-refractivity contribution >= 4 is 28.8 Å². The van der Waals surface area contributed by atoms with Crippen molar-refractivity contribution in [2.75, 3.05) is 0 Å². The van der Waals surface area contributed by atoms with Crippen molar-refractivity contribution < 1.29 is 4.79 Å². The lowest BCUT2D eigenvalue weighted by Crippen LogP contribution is -2.30. The number of aryl methyl sites for hydroxylation is 1. The van der Waals surface area contributed by atoms with Crippen LogP contribution in [0, 0.1) is 6.92 Å². The second kappa shape index (κ2) is 4.07. The summed E-state index contributed by atoms with van der Waals surface area (Å²) < 4.78 is 0.409. The number of thiazole rings is 1. The van der Waals surface area contributed by atoms with E-state index in [2.05, 4.69) is 10.3 Å². The lowest BCUT2D eigenvalue weighted by molar-refractivity contribution is 0.0938. The van der Waals surface area contributed by atoms with Gasteiger partial charge < -0.3 is 5.32 Å². The maximum atomic E-state index is 11.5. The minimum Gasteiger partial charge on any atom is -0.348 e. The fourth-order valence-corrected chi connectivity index (χ4v) is 1.96. The maximum absolute atomic E-state index is 11.5. The number of aromatic nitrogens is 1. The molecule has 0 unspecified atom stereocenters. The third-order valence-corrected chi connectivity index (χ3v) is 2.48. The highest BCUT2D eigenvalue weighted by atomic mass is 35.5. The molecule has 0 aliphatic rings. The van der Waals surface area contributed by atoms with Gasteiger partial charge in [-0.25, -0.2) is 4.98 Å². The first kappa shape index (κ1) is 10.5. The molecule has 1 N–H and O–H groups in total. The molecule has 5 heteroatoms. The fraction of sp³-hybridized carbons (Fsp3) is 0.500. The molecule has 0 spiro atoms. The SMILES string of the molecule is Cc1sc(Cl)nc1C(=O)NC(C)C. The van der Waals surface area contributed by atoms with Crippen LogP contribution in [-0.4, -0.2) is 16.9 Å². The maximum Gasteiger partial charge on any atom is 0.271 e. The smallest absolute Gasteiger partial charge is 0.271 e. The Balaban J connectivity index is 2.82. The number of nitrogens with zero attached hydrogens (tertiary/aromatic N) is 1. The Morgan fingerprint density at radius 2 is 2.23 bits per heavy atom. The number of carbonyl (C=O) groups excluding carboxylic acids is 1. The fourth-order valence-electron chi connectivity index (χ4n) is 0.905. The van der Waals surface area contributed by atoms with Crippen molar-refractivity contribution in [3.8, 4) is 0 Å². The first-order chi connectivity index (χ1) is 6.00. The molecule has 13 heavy (non-hydrogen) atoms. The molecule has 0 atom stereocenters. The molecule has 0 bridgehead atoms. The molecule has 1 aromatic rings. The van der Waals surface area contributed by atoms with Crippen LogP contribution in [-0.2, 0) is 0 Å². The van der Waals surface area contributed by atoms with Crippen LogP contribution in [0.15, 0.2) is 0 Å². The molecule has 72 valence electrons. The summed E-state index contributed by atoms with van der Waals surface area (Å²) in [7, 11) is 0. The van der Waals surface area contributed by atoms with Gasteiger partial charge in [-0.3, -0.25) is 4.79 Å². The van der Waals surface area contributed by atoms with Crippen molar-refractivity contribution in [1.82, 2.24) is 10.3 Å². The molecule has 0 aliphatic heterocycles. The lowest BCUT2D eigenvalue weighted by atomic mass is 10.3. The van der Waals surface area contributed by atoms with Crippen LogP contribution in [0.3, 0.4) is 0 Å². The van der Waals surface area contributed by atoms with Crippen molar-refractivity contribution in [2.24, 2.45) is 0 Å². The number of amides is 1. The van der Waals surface area contributed by atoms with Crippen LogP contribution in [0.25, 0.3) is 0 Å². The van der Waals surface area contributed by atoms with Gasteiger partial charge in [-0.05, 0) is 20.8 Å². The zero-order valence-corrected chi connectivity index (χ0v) is 9.29. The van der Waals surface area contributed by atoms with Gasteiger partial charge in [0.05, 0.1) is 0 Å². The summed E-state index contributed by atoms with van der Waals surface area (Å²) >= 11 is 6.99. The number of carbonyl (C=O) groups is 1. The minimum absolute atomic E-state index is 0.118. The summed E-state index contributed by atoms with van der Waals surface area (Å²) in [6, 6.07) is 0.118. The van der Waals surface area contributed by atoms with Crippen LogP contribution in [0.4, 0.5) is 0 Å². The first-order valence-corrected chi connectivity index (χ1v) is 5.14. The predicted molar refractivity (Wildman–Crippen MR) is 54.5 cm³/mol. The Morgan fingerprint density at radius 1 is 1.62 bits per heavy atom. The van der Waals surface area contributed by atoms with Gasteiger partial charge in [-0.2, -0.15) is 0 Å². The third-order valence-electron chi connectivity index (χ3n) is 1.41. The summed E-state index contributed by atoms with van der Waals surface area (Å²) in [5.41, 5.74) is 0.434. The molecule has 0 fully saturated rings. The van der Waals surface area contributed by atoms with E-state index in [0.717, 1.165) is 4.88 Å². The van der Waals surface area contributed by atoms with Gasteiger partial charge in [0, 0.05) is 10.9 Å². The summed E-state index contributed by atoms with van der Waals surface area (Å²) in [5.74, 6) is -0.157. The van der Waals surface area contributed by atoms with Crippen molar-refractivity contribution in [2.45, 2.75) is 26.8 Å². The number of nitrogens with one attached hydrogen (secondary N) is 1. The normalized spacial score (nSPS) is 10.5. The van der Waals surface area contributed by atoms with Crippen molar-refractivity contribution in [1.29, 1.82) is 0 Å². The molecule has 1 amide bonds. The zero-order chi connectivity index (χ0) is 10.0. The number of halogens is 1. The molecule has 3 nitrogen and oxygen atoms in total. The van der Waals surface area contributed by atoms with Gasteiger partial charge >= 0.3 is 0 Å². The van der Waals surface area contributed by atoms with Gasteiger partial charge in [0.1, 0.15) is 5.69 Å². The highest BCUT2D eigenvalue weighted by Gasteiger charge is 2.14. The Bertz CT molecular complexity index is 322. The number of rotatable bonds is 2. The van der Waals surface area contributed by atoms with E-state index in [0.29, 0.717) is 10.2 Å². The summed E-state index contributed by atoms with van der Waals surface area (Å²) in [6.07, 6.45) is 0. The summed E-state index contributed by atoms with van der Waals surface area (Å²) in [5, 5.41) is 2.76.